The lowest BCUT2D eigenvalue weighted by Gasteiger charge is -2.28. The zero-order valence-corrected chi connectivity index (χ0v) is 14.9. The largest absolute Gasteiger partial charge is 0.331 e. The standard InChI is InChI=1S/C20H18N2O3S/c1-2-16-3-5-17(6-4-16)13-20(23)22(14-18-7-10-21-11-8-18)19-9-12-26(24,25)15-19/h1,3-12,19H,13-15H2. The Bertz CT molecular complexity index is 958. The number of carbonyl (C=O) groups is 1. The third-order valence-corrected chi connectivity index (χ3v) is 5.59. The van der Waals surface area contributed by atoms with Gasteiger partial charge in [-0.3, -0.25) is 9.78 Å². The number of aromatic nitrogens is 1. The van der Waals surface area contributed by atoms with Crippen LogP contribution >= 0.6 is 0 Å². The quantitative estimate of drug-likeness (QED) is 0.759. The number of pyridine rings is 1. The van der Waals surface area contributed by atoms with E-state index >= 15 is 0 Å². The van der Waals surface area contributed by atoms with Crippen molar-refractivity contribution in [2.75, 3.05) is 5.75 Å². The molecule has 132 valence electrons. The topological polar surface area (TPSA) is 67.3 Å². The smallest absolute Gasteiger partial charge is 0.227 e. The van der Waals surface area contributed by atoms with Gasteiger partial charge in [0.05, 0.1) is 18.2 Å². The molecule has 2 heterocycles. The summed E-state index contributed by atoms with van der Waals surface area (Å²) in [5.41, 5.74) is 2.48. The SMILES string of the molecule is C#Cc1ccc(CC(=O)N(Cc2ccncc2)C2C=CS(=O)(=O)C2)cc1. The van der Waals surface area contributed by atoms with E-state index in [1.807, 2.05) is 24.3 Å². The van der Waals surface area contributed by atoms with Gasteiger partial charge in [-0.1, -0.05) is 18.1 Å². The molecular formula is C20H18N2O3S. The highest BCUT2D eigenvalue weighted by molar-refractivity contribution is 7.94. The summed E-state index contributed by atoms with van der Waals surface area (Å²) < 4.78 is 23.6. The summed E-state index contributed by atoms with van der Waals surface area (Å²) in [4.78, 5) is 18.5. The van der Waals surface area contributed by atoms with Crippen LogP contribution in [0.15, 0.2) is 60.3 Å². The van der Waals surface area contributed by atoms with Crippen LogP contribution in [0.3, 0.4) is 0 Å². The van der Waals surface area contributed by atoms with E-state index in [1.54, 1.807) is 35.5 Å². The Morgan fingerprint density at radius 1 is 1.15 bits per heavy atom. The fourth-order valence-corrected chi connectivity index (χ4v) is 4.12. The molecule has 1 amide bonds. The molecule has 1 aromatic heterocycles. The van der Waals surface area contributed by atoms with Gasteiger partial charge >= 0.3 is 0 Å². The van der Waals surface area contributed by atoms with E-state index in [0.717, 1.165) is 16.7 Å². The number of sulfone groups is 1. The van der Waals surface area contributed by atoms with Crippen molar-refractivity contribution in [3.05, 3.63) is 77.0 Å². The van der Waals surface area contributed by atoms with Crippen LogP contribution in [0.25, 0.3) is 0 Å². The number of hydrogen-bond donors (Lipinski definition) is 0. The molecule has 2 aromatic rings. The number of carbonyl (C=O) groups excluding carboxylic acids is 1. The molecule has 0 radical (unpaired) electrons. The van der Waals surface area contributed by atoms with Gasteiger partial charge in [0.2, 0.25) is 5.91 Å². The number of hydrogen-bond acceptors (Lipinski definition) is 4. The average Bonchev–Trinajstić information content (AvgIpc) is 3.00. The molecule has 26 heavy (non-hydrogen) atoms. The van der Waals surface area contributed by atoms with Gasteiger partial charge in [0.1, 0.15) is 0 Å². The Morgan fingerprint density at radius 3 is 2.42 bits per heavy atom. The maximum atomic E-state index is 12.9. The fourth-order valence-electron chi connectivity index (χ4n) is 2.82. The molecule has 0 bridgehead atoms. The Hall–Kier alpha value is -2.91. The first kappa shape index (κ1) is 17.9. The van der Waals surface area contributed by atoms with Gasteiger partial charge in [0.15, 0.2) is 9.84 Å². The van der Waals surface area contributed by atoms with E-state index in [0.29, 0.717) is 6.54 Å². The third-order valence-electron chi connectivity index (χ3n) is 4.21. The summed E-state index contributed by atoms with van der Waals surface area (Å²) in [7, 11) is -3.26. The van der Waals surface area contributed by atoms with E-state index in [9.17, 15) is 13.2 Å². The van der Waals surface area contributed by atoms with Gasteiger partial charge in [0.25, 0.3) is 0 Å². The molecule has 3 rings (SSSR count). The molecular weight excluding hydrogens is 348 g/mol. The van der Waals surface area contributed by atoms with Crippen LogP contribution in [0.4, 0.5) is 0 Å². The molecule has 6 heteroatoms. The molecule has 0 saturated carbocycles. The van der Waals surface area contributed by atoms with E-state index < -0.39 is 15.9 Å². The zero-order valence-electron chi connectivity index (χ0n) is 14.1. The van der Waals surface area contributed by atoms with Crippen molar-refractivity contribution in [2.24, 2.45) is 0 Å². The van der Waals surface area contributed by atoms with Crippen LogP contribution in [0, 0.1) is 12.3 Å². The molecule has 0 spiro atoms. The van der Waals surface area contributed by atoms with Crippen LogP contribution < -0.4 is 0 Å². The third kappa shape index (κ3) is 4.38. The molecule has 0 fully saturated rings. The van der Waals surface area contributed by atoms with Crippen molar-refractivity contribution in [3.8, 4) is 12.3 Å². The summed E-state index contributed by atoms with van der Waals surface area (Å²) in [5.74, 6) is 2.32. The minimum Gasteiger partial charge on any atom is -0.331 e. The summed E-state index contributed by atoms with van der Waals surface area (Å²) in [6, 6.07) is 10.4. The molecule has 1 aliphatic rings. The second-order valence-electron chi connectivity index (χ2n) is 6.12. The van der Waals surface area contributed by atoms with Gasteiger partial charge in [-0.25, -0.2) is 8.42 Å². The zero-order chi connectivity index (χ0) is 18.6. The molecule has 0 N–H and O–H groups in total. The highest BCUT2D eigenvalue weighted by atomic mass is 32.2. The number of nitrogens with zero attached hydrogens (tertiary/aromatic N) is 2. The van der Waals surface area contributed by atoms with Crippen LogP contribution in [-0.2, 0) is 27.6 Å². The van der Waals surface area contributed by atoms with Crippen molar-refractivity contribution < 1.29 is 13.2 Å². The van der Waals surface area contributed by atoms with Crippen molar-refractivity contribution in [3.63, 3.8) is 0 Å². The van der Waals surface area contributed by atoms with Crippen molar-refractivity contribution in [1.29, 1.82) is 0 Å². The maximum absolute atomic E-state index is 12.9. The number of amides is 1. The molecule has 1 aliphatic heterocycles. The summed E-state index contributed by atoms with van der Waals surface area (Å²) in [5, 5.41) is 1.19. The predicted molar refractivity (Wildman–Crippen MR) is 99.6 cm³/mol. The first-order valence-corrected chi connectivity index (χ1v) is 9.83. The molecule has 1 aromatic carbocycles. The lowest BCUT2D eigenvalue weighted by atomic mass is 10.1. The van der Waals surface area contributed by atoms with Gasteiger partial charge in [-0.05, 0) is 41.5 Å². The fraction of sp³-hybridized carbons (Fsp3) is 0.200. The normalized spacial score (nSPS) is 17.6. The Morgan fingerprint density at radius 2 is 1.85 bits per heavy atom. The monoisotopic (exact) mass is 366 g/mol. The van der Waals surface area contributed by atoms with Crippen molar-refractivity contribution in [2.45, 2.75) is 19.0 Å². The maximum Gasteiger partial charge on any atom is 0.227 e. The molecule has 1 unspecified atom stereocenters. The van der Waals surface area contributed by atoms with Crippen LogP contribution in [0.2, 0.25) is 0 Å². The van der Waals surface area contributed by atoms with E-state index in [1.165, 1.54) is 5.41 Å². The minimum absolute atomic E-state index is 0.0835. The molecule has 1 atom stereocenters. The summed E-state index contributed by atoms with van der Waals surface area (Å²) in [6.45, 7) is 0.328. The molecule has 0 saturated heterocycles. The lowest BCUT2D eigenvalue weighted by Crippen LogP contribution is -2.41. The number of rotatable bonds is 5. The van der Waals surface area contributed by atoms with E-state index in [-0.39, 0.29) is 18.1 Å². The van der Waals surface area contributed by atoms with Crippen LogP contribution in [0.5, 0.6) is 0 Å². The second kappa shape index (κ2) is 7.54. The number of benzene rings is 1. The molecule has 0 aliphatic carbocycles. The van der Waals surface area contributed by atoms with Gasteiger partial charge in [0, 0.05) is 29.9 Å². The van der Waals surface area contributed by atoms with Crippen molar-refractivity contribution >= 4 is 15.7 Å². The summed E-state index contributed by atoms with van der Waals surface area (Å²) in [6.07, 6.45) is 10.4. The Kier molecular flexibility index (Phi) is 5.19. The van der Waals surface area contributed by atoms with E-state index in [2.05, 4.69) is 10.9 Å². The average molecular weight is 366 g/mol. The van der Waals surface area contributed by atoms with Crippen molar-refractivity contribution in [1.82, 2.24) is 9.88 Å². The highest BCUT2D eigenvalue weighted by Crippen LogP contribution is 2.19. The molecule has 5 nitrogen and oxygen atoms in total. The van der Waals surface area contributed by atoms with E-state index in [4.69, 9.17) is 6.42 Å². The van der Waals surface area contributed by atoms with Crippen LogP contribution in [0.1, 0.15) is 16.7 Å². The lowest BCUT2D eigenvalue weighted by molar-refractivity contribution is -0.132. The van der Waals surface area contributed by atoms with Gasteiger partial charge in [-0.15, -0.1) is 6.42 Å². The predicted octanol–water partition coefficient (Wildman–Crippen LogP) is 1.94. The van der Waals surface area contributed by atoms with Gasteiger partial charge < -0.3 is 4.90 Å². The number of terminal acetylenes is 1. The Balaban J connectivity index is 1.80. The first-order valence-electron chi connectivity index (χ1n) is 8.12. The van der Waals surface area contributed by atoms with Crippen LogP contribution in [-0.4, -0.2) is 36.0 Å². The Labute approximate surface area is 153 Å². The minimum atomic E-state index is -3.26. The first-order chi connectivity index (χ1) is 12.5. The summed E-state index contributed by atoms with van der Waals surface area (Å²) >= 11 is 0. The second-order valence-corrected chi connectivity index (χ2v) is 8.05. The highest BCUT2D eigenvalue weighted by Gasteiger charge is 2.30. The van der Waals surface area contributed by atoms with Gasteiger partial charge in [-0.2, -0.15) is 0 Å².